The van der Waals surface area contributed by atoms with Crippen molar-refractivity contribution in [2.24, 2.45) is 0 Å². The van der Waals surface area contributed by atoms with Crippen molar-refractivity contribution in [3.8, 4) is 5.75 Å². The Labute approximate surface area is 194 Å². The number of hydrogen-bond donors (Lipinski definition) is 1. The van der Waals surface area contributed by atoms with Crippen LogP contribution in [0, 0.1) is 6.92 Å². The minimum atomic E-state index is -0.631. The van der Waals surface area contributed by atoms with E-state index >= 15 is 0 Å². The molecule has 2 aromatic rings. The van der Waals surface area contributed by atoms with E-state index in [-0.39, 0.29) is 31.0 Å². The Bertz CT molecular complexity index is 904. The fourth-order valence-electron chi connectivity index (χ4n) is 3.11. The Morgan fingerprint density at radius 1 is 1.06 bits per heavy atom. The molecular weight excluding hydrogens is 435 g/mol. The Kier molecular flexibility index (Phi) is 9.66. The van der Waals surface area contributed by atoms with Crippen molar-refractivity contribution >= 4 is 35.0 Å². The number of benzene rings is 2. The lowest BCUT2D eigenvalue weighted by molar-refractivity contribution is -0.143. The Morgan fingerprint density at radius 3 is 2.39 bits per heavy atom. The van der Waals surface area contributed by atoms with Crippen molar-refractivity contribution in [2.75, 3.05) is 6.61 Å². The standard InChI is InChI=1S/C24H30Cl2N2O3/c1-5-17(4)27-24(30)22(6-2)28(14-18-9-7-8-10-21(18)26)23(29)15-31-19-11-12-20(25)16(3)13-19/h7-13,17,22H,5-6,14-15H2,1-4H3,(H,27,30). The first kappa shape index (κ1) is 25.0. The van der Waals surface area contributed by atoms with E-state index in [1.165, 1.54) is 0 Å². The maximum Gasteiger partial charge on any atom is 0.261 e. The predicted molar refractivity (Wildman–Crippen MR) is 126 cm³/mol. The predicted octanol–water partition coefficient (Wildman–Crippen LogP) is 5.40. The largest absolute Gasteiger partial charge is 0.484 e. The lowest BCUT2D eigenvalue weighted by Gasteiger charge is -2.31. The Hall–Kier alpha value is -2.24. The summed E-state index contributed by atoms with van der Waals surface area (Å²) < 4.78 is 5.71. The van der Waals surface area contributed by atoms with Gasteiger partial charge in [0.1, 0.15) is 11.8 Å². The number of nitrogens with zero attached hydrogens (tertiary/aromatic N) is 1. The molecule has 0 saturated carbocycles. The molecule has 2 amide bonds. The Balaban J connectivity index is 2.24. The highest BCUT2D eigenvalue weighted by Crippen LogP contribution is 2.22. The molecule has 0 aliphatic rings. The molecule has 2 unspecified atom stereocenters. The number of hydrogen-bond acceptors (Lipinski definition) is 3. The normalized spacial score (nSPS) is 12.7. The van der Waals surface area contributed by atoms with Crippen LogP contribution < -0.4 is 10.1 Å². The summed E-state index contributed by atoms with van der Waals surface area (Å²) in [5, 5.41) is 4.16. The van der Waals surface area contributed by atoms with E-state index in [0.29, 0.717) is 22.2 Å². The van der Waals surface area contributed by atoms with Crippen LogP contribution in [0.2, 0.25) is 10.0 Å². The maximum absolute atomic E-state index is 13.2. The van der Waals surface area contributed by atoms with Gasteiger partial charge in [-0.05, 0) is 62.1 Å². The van der Waals surface area contributed by atoms with Gasteiger partial charge in [-0.25, -0.2) is 0 Å². The molecule has 0 bridgehead atoms. The highest BCUT2D eigenvalue weighted by Gasteiger charge is 2.30. The fourth-order valence-corrected chi connectivity index (χ4v) is 3.42. The van der Waals surface area contributed by atoms with E-state index in [2.05, 4.69) is 5.32 Å². The highest BCUT2D eigenvalue weighted by atomic mass is 35.5. The van der Waals surface area contributed by atoms with Gasteiger partial charge in [0.15, 0.2) is 6.61 Å². The van der Waals surface area contributed by atoms with Gasteiger partial charge in [-0.15, -0.1) is 0 Å². The smallest absolute Gasteiger partial charge is 0.261 e. The molecule has 5 nitrogen and oxygen atoms in total. The highest BCUT2D eigenvalue weighted by molar-refractivity contribution is 6.31. The Morgan fingerprint density at radius 2 is 1.77 bits per heavy atom. The number of aryl methyl sites for hydroxylation is 1. The lowest BCUT2D eigenvalue weighted by atomic mass is 10.1. The average molecular weight is 465 g/mol. The molecule has 0 aliphatic carbocycles. The quantitative estimate of drug-likeness (QED) is 0.511. The van der Waals surface area contributed by atoms with Crippen LogP contribution in [0.1, 0.15) is 44.7 Å². The van der Waals surface area contributed by atoms with Crippen LogP contribution in [0.3, 0.4) is 0 Å². The number of ether oxygens (including phenoxy) is 1. The number of carbonyl (C=O) groups excluding carboxylic acids is 2. The van der Waals surface area contributed by atoms with E-state index in [1.807, 2.05) is 45.9 Å². The number of rotatable bonds is 10. The average Bonchev–Trinajstić information content (AvgIpc) is 2.75. The second kappa shape index (κ2) is 12.0. The van der Waals surface area contributed by atoms with E-state index < -0.39 is 6.04 Å². The van der Waals surface area contributed by atoms with Gasteiger partial charge in [0.25, 0.3) is 5.91 Å². The van der Waals surface area contributed by atoms with Crippen LogP contribution in [0.15, 0.2) is 42.5 Å². The number of nitrogens with one attached hydrogen (secondary N) is 1. The molecular formula is C24H30Cl2N2O3. The molecule has 0 aromatic heterocycles. The maximum atomic E-state index is 13.2. The zero-order valence-electron chi connectivity index (χ0n) is 18.5. The van der Waals surface area contributed by atoms with Crippen LogP contribution in [-0.4, -0.2) is 35.4 Å². The van der Waals surface area contributed by atoms with Crippen LogP contribution >= 0.6 is 23.2 Å². The summed E-state index contributed by atoms with van der Waals surface area (Å²) in [5.74, 6) is 0.0725. The minimum absolute atomic E-state index is 0.0205. The third-order valence-electron chi connectivity index (χ3n) is 5.18. The fraction of sp³-hybridized carbons (Fsp3) is 0.417. The topological polar surface area (TPSA) is 58.6 Å². The van der Waals surface area contributed by atoms with Crippen LogP contribution in [0.5, 0.6) is 5.75 Å². The second-order valence-electron chi connectivity index (χ2n) is 7.55. The third kappa shape index (κ3) is 7.15. The SMILES string of the molecule is CCC(C)NC(=O)C(CC)N(Cc1ccccc1Cl)C(=O)COc1ccc(Cl)c(C)c1. The first-order chi connectivity index (χ1) is 14.8. The number of amides is 2. The molecule has 2 aromatic carbocycles. The summed E-state index contributed by atoms with van der Waals surface area (Å²) >= 11 is 12.4. The molecule has 0 aliphatic heterocycles. The summed E-state index contributed by atoms with van der Waals surface area (Å²) in [5.41, 5.74) is 1.63. The van der Waals surface area contributed by atoms with Gasteiger partial charge in [0.2, 0.25) is 5.91 Å². The van der Waals surface area contributed by atoms with Gasteiger partial charge in [0.05, 0.1) is 0 Å². The van der Waals surface area contributed by atoms with Gasteiger partial charge in [-0.1, -0.05) is 55.2 Å². The molecule has 7 heteroatoms. The monoisotopic (exact) mass is 464 g/mol. The van der Waals surface area contributed by atoms with Crippen molar-refractivity contribution in [1.82, 2.24) is 10.2 Å². The molecule has 168 valence electrons. The first-order valence-electron chi connectivity index (χ1n) is 10.5. The molecule has 0 heterocycles. The first-order valence-corrected chi connectivity index (χ1v) is 11.2. The van der Waals surface area contributed by atoms with Crippen molar-refractivity contribution in [1.29, 1.82) is 0 Å². The molecule has 0 spiro atoms. The molecule has 0 radical (unpaired) electrons. The molecule has 2 rings (SSSR count). The van der Waals surface area contributed by atoms with Crippen LogP contribution in [-0.2, 0) is 16.1 Å². The van der Waals surface area contributed by atoms with Crippen molar-refractivity contribution in [3.05, 3.63) is 63.6 Å². The van der Waals surface area contributed by atoms with Crippen molar-refractivity contribution < 1.29 is 14.3 Å². The molecule has 31 heavy (non-hydrogen) atoms. The van der Waals surface area contributed by atoms with Gasteiger partial charge >= 0.3 is 0 Å². The van der Waals surface area contributed by atoms with E-state index in [9.17, 15) is 9.59 Å². The second-order valence-corrected chi connectivity index (χ2v) is 8.37. The minimum Gasteiger partial charge on any atom is -0.484 e. The summed E-state index contributed by atoms with van der Waals surface area (Å²) in [6.07, 6.45) is 1.28. The van der Waals surface area contributed by atoms with E-state index in [4.69, 9.17) is 27.9 Å². The van der Waals surface area contributed by atoms with Crippen LogP contribution in [0.25, 0.3) is 0 Å². The molecule has 0 saturated heterocycles. The van der Waals surface area contributed by atoms with Crippen LogP contribution in [0.4, 0.5) is 0 Å². The zero-order valence-corrected chi connectivity index (χ0v) is 20.0. The van der Waals surface area contributed by atoms with Crippen molar-refractivity contribution in [3.63, 3.8) is 0 Å². The summed E-state index contributed by atoms with van der Waals surface area (Å²) in [6.45, 7) is 7.72. The summed E-state index contributed by atoms with van der Waals surface area (Å²) in [4.78, 5) is 27.7. The van der Waals surface area contributed by atoms with Gasteiger partial charge in [-0.2, -0.15) is 0 Å². The van der Waals surface area contributed by atoms with E-state index in [1.54, 1.807) is 29.2 Å². The van der Waals surface area contributed by atoms with Crippen molar-refractivity contribution in [2.45, 2.75) is 59.2 Å². The molecule has 2 atom stereocenters. The van der Waals surface area contributed by atoms with Gasteiger partial charge in [-0.3, -0.25) is 9.59 Å². The van der Waals surface area contributed by atoms with E-state index in [0.717, 1.165) is 17.5 Å². The summed E-state index contributed by atoms with van der Waals surface area (Å²) in [6, 6.07) is 11.9. The molecule has 1 N–H and O–H groups in total. The number of carbonyl (C=O) groups is 2. The third-order valence-corrected chi connectivity index (χ3v) is 5.97. The van der Waals surface area contributed by atoms with Gasteiger partial charge in [0, 0.05) is 22.6 Å². The molecule has 0 fully saturated rings. The lowest BCUT2D eigenvalue weighted by Crippen LogP contribution is -2.51. The zero-order chi connectivity index (χ0) is 23.0. The summed E-state index contributed by atoms with van der Waals surface area (Å²) in [7, 11) is 0. The van der Waals surface area contributed by atoms with Gasteiger partial charge < -0.3 is 15.0 Å². The number of halogens is 2.